The zero-order valence-electron chi connectivity index (χ0n) is 12.9. The van der Waals surface area contributed by atoms with Crippen LogP contribution in [-0.4, -0.2) is 41.0 Å². The van der Waals surface area contributed by atoms with E-state index < -0.39 is 0 Å². The molecule has 0 radical (unpaired) electrons. The van der Waals surface area contributed by atoms with Crippen LogP contribution in [-0.2, 0) is 6.54 Å². The highest BCUT2D eigenvalue weighted by Gasteiger charge is 2.25. The van der Waals surface area contributed by atoms with Crippen molar-refractivity contribution in [3.63, 3.8) is 0 Å². The van der Waals surface area contributed by atoms with E-state index in [0.717, 1.165) is 43.9 Å². The fourth-order valence-corrected chi connectivity index (χ4v) is 3.13. The molecule has 1 aliphatic rings. The van der Waals surface area contributed by atoms with Gasteiger partial charge in [0.2, 0.25) is 0 Å². The fraction of sp³-hybridized carbons (Fsp3) is 0.333. The van der Waals surface area contributed by atoms with Gasteiger partial charge in [-0.1, -0.05) is 41.9 Å². The lowest BCUT2D eigenvalue weighted by Gasteiger charge is -2.37. The van der Waals surface area contributed by atoms with Crippen molar-refractivity contribution >= 4 is 11.6 Å². The summed E-state index contributed by atoms with van der Waals surface area (Å²) in [5.41, 5.74) is 2.18. The van der Waals surface area contributed by atoms with Crippen LogP contribution in [0.5, 0.6) is 0 Å². The average Bonchev–Trinajstić information content (AvgIpc) is 2.60. The van der Waals surface area contributed by atoms with E-state index >= 15 is 0 Å². The Bertz CT molecular complexity index is 675. The summed E-state index contributed by atoms with van der Waals surface area (Å²) in [6.45, 7) is 4.47. The van der Waals surface area contributed by atoms with Crippen molar-refractivity contribution < 1.29 is 0 Å². The Labute approximate surface area is 141 Å². The molecular weight excluding hydrogens is 308 g/mol. The van der Waals surface area contributed by atoms with Gasteiger partial charge in [0, 0.05) is 45.1 Å². The van der Waals surface area contributed by atoms with Gasteiger partial charge in [-0.25, -0.2) is 0 Å². The summed E-state index contributed by atoms with van der Waals surface area (Å²) in [5, 5.41) is 10.3. The Hall–Kier alpha value is -1.93. The second-order valence-corrected chi connectivity index (χ2v) is 6.13. The van der Waals surface area contributed by atoms with Gasteiger partial charge in [0.05, 0.1) is 11.1 Å². The van der Waals surface area contributed by atoms with Gasteiger partial charge in [-0.15, -0.1) is 0 Å². The lowest BCUT2D eigenvalue weighted by atomic mass is 10.1. The molecule has 1 fully saturated rings. The van der Waals surface area contributed by atoms with Crippen molar-refractivity contribution in [1.82, 2.24) is 14.8 Å². The Kier molecular flexibility index (Phi) is 5.24. The number of nitrogens with zero attached hydrogens (tertiary/aromatic N) is 4. The quantitative estimate of drug-likeness (QED) is 0.866. The first-order valence-electron chi connectivity index (χ1n) is 7.77. The first-order valence-corrected chi connectivity index (χ1v) is 8.15. The van der Waals surface area contributed by atoms with Crippen LogP contribution in [0.15, 0.2) is 48.8 Å². The molecule has 4 nitrogen and oxygen atoms in total. The van der Waals surface area contributed by atoms with Crippen molar-refractivity contribution in [3.8, 4) is 6.07 Å². The third-order valence-corrected chi connectivity index (χ3v) is 4.60. The van der Waals surface area contributed by atoms with Crippen molar-refractivity contribution in [3.05, 3.63) is 64.9 Å². The van der Waals surface area contributed by atoms with Gasteiger partial charge in [0.1, 0.15) is 6.04 Å². The Morgan fingerprint density at radius 3 is 2.52 bits per heavy atom. The summed E-state index contributed by atoms with van der Waals surface area (Å²) >= 11 is 6.18. The SMILES string of the molecule is N#C[C@H](c1ccccc1)N1CCN(Cc2ccncc2Cl)CC1. The van der Waals surface area contributed by atoms with Gasteiger partial charge in [0.25, 0.3) is 0 Å². The highest BCUT2D eigenvalue weighted by Crippen LogP contribution is 2.22. The number of piperazine rings is 1. The van der Waals surface area contributed by atoms with E-state index in [1.807, 2.05) is 36.4 Å². The Balaban J connectivity index is 1.60. The number of aromatic nitrogens is 1. The number of nitriles is 1. The van der Waals surface area contributed by atoms with Crippen LogP contribution in [0.25, 0.3) is 0 Å². The third-order valence-electron chi connectivity index (χ3n) is 4.26. The molecule has 2 heterocycles. The number of benzene rings is 1. The van der Waals surface area contributed by atoms with Gasteiger partial charge in [0.15, 0.2) is 0 Å². The first kappa shape index (κ1) is 15.9. The van der Waals surface area contributed by atoms with E-state index in [-0.39, 0.29) is 6.04 Å². The normalized spacial score (nSPS) is 17.6. The molecule has 1 aromatic carbocycles. The van der Waals surface area contributed by atoms with Crippen LogP contribution in [0.1, 0.15) is 17.2 Å². The molecule has 0 spiro atoms. The minimum atomic E-state index is -0.164. The molecule has 2 aromatic rings. The van der Waals surface area contributed by atoms with Crippen LogP contribution in [0.3, 0.4) is 0 Å². The number of hydrogen-bond acceptors (Lipinski definition) is 4. The predicted octanol–water partition coefficient (Wildman–Crippen LogP) is 3.12. The molecule has 0 N–H and O–H groups in total. The van der Waals surface area contributed by atoms with Crippen molar-refractivity contribution in [2.45, 2.75) is 12.6 Å². The fourth-order valence-electron chi connectivity index (χ4n) is 2.96. The first-order chi connectivity index (χ1) is 11.3. The summed E-state index contributed by atoms with van der Waals surface area (Å²) in [6.07, 6.45) is 3.47. The van der Waals surface area contributed by atoms with Crippen molar-refractivity contribution in [2.24, 2.45) is 0 Å². The van der Waals surface area contributed by atoms with E-state index in [9.17, 15) is 5.26 Å². The highest BCUT2D eigenvalue weighted by molar-refractivity contribution is 6.31. The molecule has 1 aromatic heterocycles. The number of rotatable bonds is 4. The largest absolute Gasteiger partial charge is 0.296 e. The molecule has 0 bridgehead atoms. The lowest BCUT2D eigenvalue weighted by Crippen LogP contribution is -2.46. The van der Waals surface area contributed by atoms with Crippen molar-refractivity contribution in [1.29, 1.82) is 5.26 Å². The Morgan fingerprint density at radius 1 is 1.13 bits per heavy atom. The maximum absolute atomic E-state index is 9.54. The molecule has 5 heteroatoms. The molecule has 23 heavy (non-hydrogen) atoms. The smallest absolute Gasteiger partial charge is 0.123 e. The maximum atomic E-state index is 9.54. The standard InChI is InChI=1S/C18H19ClN4/c19-17-13-21-7-6-16(17)14-22-8-10-23(11-9-22)18(12-20)15-4-2-1-3-5-15/h1-7,13,18H,8-11,14H2/t18-/m1/s1. The number of hydrogen-bond donors (Lipinski definition) is 0. The van der Waals surface area contributed by atoms with Crippen LogP contribution in [0, 0.1) is 11.3 Å². The zero-order valence-corrected chi connectivity index (χ0v) is 13.7. The monoisotopic (exact) mass is 326 g/mol. The van der Waals surface area contributed by atoms with Gasteiger partial charge >= 0.3 is 0 Å². The Morgan fingerprint density at radius 2 is 1.87 bits per heavy atom. The van der Waals surface area contributed by atoms with Crippen LogP contribution < -0.4 is 0 Å². The molecule has 0 aliphatic carbocycles. The van der Waals surface area contributed by atoms with E-state index in [1.165, 1.54) is 0 Å². The summed E-state index contributed by atoms with van der Waals surface area (Å²) in [6, 6.07) is 14.2. The molecule has 0 amide bonds. The van der Waals surface area contributed by atoms with E-state index in [1.54, 1.807) is 12.4 Å². The summed E-state index contributed by atoms with van der Waals surface area (Å²) in [7, 11) is 0. The second kappa shape index (κ2) is 7.56. The lowest BCUT2D eigenvalue weighted by molar-refractivity contribution is 0.109. The topological polar surface area (TPSA) is 43.2 Å². The van der Waals surface area contributed by atoms with E-state index in [0.29, 0.717) is 5.02 Å². The molecule has 1 saturated heterocycles. The summed E-state index contributed by atoms with van der Waals surface area (Å²) in [5.74, 6) is 0. The van der Waals surface area contributed by atoms with Crippen LogP contribution in [0.2, 0.25) is 5.02 Å². The minimum absolute atomic E-state index is 0.164. The van der Waals surface area contributed by atoms with Crippen LogP contribution in [0.4, 0.5) is 0 Å². The van der Waals surface area contributed by atoms with Gasteiger partial charge in [-0.2, -0.15) is 5.26 Å². The molecule has 3 rings (SSSR count). The number of pyridine rings is 1. The molecule has 1 atom stereocenters. The number of halogens is 1. The van der Waals surface area contributed by atoms with Gasteiger partial charge in [-0.3, -0.25) is 14.8 Å². The van der Waals surface area contributed by atoms with Crippen molar-refractivity contribution in [2.75, 3.05) is 26.2 Å². The van der Waals surface area contributed by atoms with Gasteiger partial charge in [-0.05, 0) is 17.2 Å². The molecule has 118 valence electrons. The zero-order chi connectivity index (χ0) is 16.1. The highest BCUT2D eigenvalue weighted by atomic mass is 35.5. The summed E-state index contributed by atoms with van der Waals surface area (Å²) < 4.78 is 0. The average molecular weight is 327 g/mol. The third kappa shape index (κ3) is 3.89. The van der Waals surface area contributed by atoms with Crippen LogP contribution >= 0.6 is 11.6 Å². The second-order valence-electron chi connectivity index (χ2n) is 5.72. The molecular formula is C18H19ClN4. The predicted molar refractivity (Wildman–Crippen MR) is 90.9 cm³/mol. The van der Waals surface area contributed by atoms with E-state index in [4.69, 9.17) is 11.6 Å². The maximum Gasteiger partial charge on any atom is 0.123 e. The molecule has 0 saturated carbocycles. The minimum Gasteiger partial charge on any atom is -0.296 e. The van der Waals surface area contributed by atoms with E-state index in [2.05, 4.69) is 20.9 Å². The summed E-state index contributed by atoms with van der Waals surface area (Å²) in [4.78, 5) is 8.65. The van der Waals surface area contributed by atoms with Gasteiger partial charge < -0.3 is 0 Å². The molecule has 0 unspecified atom stereocenters. The molecule has 1 aliphatic heterocycles.